The van der Waals surface area contributed by atoms with E-state index in [0.29, 0.717) is 12.3 Å². The number of nitrogens with one attached hydrogen (secondary N) is 1. The van der Waals surface area contributed by atoms with Gasteiger partial charge in [-0.05, 0) is 31.2 Å². The van der Waals surface area contributed by atoms with Crippen molar-refractivity contribution >= 4 is 15.7 Å². The van der Waals surface area contributed by atoms with Crippen LogP contribution in [0.5, 0.6) is 0 Å². The molecule has 1 aromatic carbocycles. The minimum absolute atomic E-state index is 0.120. The molecule has 0 aliphatic carbocycles. The van der Waals surface area contributed by atoms with Gasteiger partial charge in [-0.1, -0.05) is 13.0 Å². The molecular weight excluding hydrogens is 290 g/mol. The van der Waals surface area contributed by atoms with Crippen LogP contribution in [0, 0.1) is 0 Å². The highest BCUT2D eigenvalue weighted by Crippen LogP contribution is 2.18. The van der Waals surface area contributed by atoms with E-state index in [2.05, 4.69) is 9.62 Å². The molecule has 0 radical (unpaired) electrons. The minimum Gasteiger partial charge on any atom is -0.398 e. The first kappa shape index (κ1) is 16.2. The van der Waals surface area contributed by atoms with Crippen molar-refractivity contribution in [3.8, 4) is 0 Å². The van der Waals surface area contributed by atoms with E-state index in [-0.39, 0.29) is 17.5 Å². The number of rotatable bonds is 5. The third-order valence-corrected chi connectivity index (χ3v) is 5.07. The van der Waals surface area contributed by atoms with Gasteiger partial charge >= 0.3 is 0 Å². The Morgan fingerprint density at radius 2 is 2.24 bits per heavy atom. The summed E-state index contributed by atoms with van der Waals surface area (Å²) in [5.74, 6) is 0. The van der Waals surface area contributed by atoms with E-state index in [1.54, 1.807) is 12.1 Å². The maximum Gasteiger partial charge on any atom is 0.240 e. The monoisotopic (exact) mass is 313 g/mol. The minimum atomic E-state index is -3.55. The molecule has 0 saturated carbocycles. The quantitative estimate of drug-likeness (QED) is 0.771. The van der Waals surface area contributed by atoms with Crippen molar-refractivity contribution in [3.05, 3.63) is 23.8 Å². The zero-order valence-electron chi connectivity index (χ0n) is 12.5. The molecule has 0 spiro atoms. The second kappa shape index (κ2) is 6.74. The molecule has 1 fully saturated rings. The first-order valence-electron chi connectivity index (χ1n) is 7.10. The summed E-state index contributed by atoms with van der Waals surface area (Å²) in [6.45, 7) is 4.47. The number of hydrogen-bond acceptors (Lipinski definition) is 5. The van der Waals surface area contributed by atoms with Gasteiger partial charge in [0.15, 0.2) is 0 Å². The van der Waals surface area contributed by atoms with Crippen molar-refractivity contribution < 1.29 is 13.2 Å². The Morgan fingerprint density at radius 3 is 2.86 bits per heavy atom. The zero-order chi connectivity index (χ0) is 15.5. The highest BCUT2D eigenvalue weighted by atomic mass is 32.2. The van der Waals surface area contributed by atoms with Crippen LogP contribution >= 0.6 is 0 Å². The number of morpholine rings is 1. The van der Waals surface area contributed by atoms with Gasteiger partial charge in [0, 0.05) is 25.3 Å². The van der Waals surface area contributed by atoms with Gasteiger partial charge in [0.2, 0.25) is 10.0 Å². The van der Waals surface area contributed by atoms with Crippen molar-refractivity contribution in [1.82, 2.24) is 9.62 Å². The SMILES string of the molecule is CCc1ccc(S(=O)(=O)NCC2CN(C)CCO2)cc1N. The Hall–Kier alpha value is -1.15. The van der Waals surface area contributed by atoms with Gasteiger partial charge in [-0.25, -0.2) is 13.1 Å². The predicted octanol–water partition coefficient (Wildman–Crippen LogP) is 0.440. The van der Waals surface area contributed by atoms with Crippen LogP contribution in [0.25, 0.3) is 0 Å². The van der Waals surface area contributed by atoms with Gasteiger partial charge in [0.05, 0.1) is 17.6 Å². The predicted molar refractivity (Wildman–Crippen MR) is 82.7 cm³/mol. The molecule has 0 aromatic heterocycles. The largest absolute Gasteiger partial charge is 0.398 e. The molecule has 0 amide bonds. The number of sulfonamides is 1. The second-order valence-corrected chi connectivity index (χ2v) is 7.09. The van der Waals surface area contributed by atoms with Crippen LogP contribution in [0.3, 0.4) is 0 Å². The van der Waals surface area contributed by atoms with Crippen molar-refractivity contribution in [2.45, 2.75) is 24.3 Å². The smallest absolute Gasteiger partial charge is 0.240 e. The Balaban J connectivity index is 2.02. The molecule has 1 heterocycles. The number of ether oxygens (including phenoxy) is 1. The lowest BCUT2D eigenvalue weighted by molar-refractivity contribution is -0.0156. The summed E-state index contributed by atoms with van der Waals surface area (Å²) in [5, 5.41) is 0. The van der Waals surface area contributed by atoms with Crippen LogP contribution in [0.1, 0.15) is 12.5 Å². The number of benzene rings is 1. The first-order valence-corrected chi connectivity index (χ1v) is 8.59. The summed E-state index contributed by atoms with van der Waals surface area (Å²) in [5.41, 5.74) is 7.32. The lowest BCUT2D eigenvalue weighted by Crippen LogP contribution is -2.45. The molecule has 1 aromatic rings. The van der Waals surface area contributed by atoms with Gasteiger partial charge in [-0.3, -0.25) is 0 Å². The summed E-state index contributed by atoms with van der Waals surface area (Å²) >= 11 is 0. The van der Waals surface area contributed by atoms with E-state index < -0.39 is 10.0 Å². The molecule has 118 valence electrons. The molecular formula is C14H23N3O3S. The summed E-state index contributed by atoms with van der Waals surface area (Å²) in [6.07, 6.45) is 0.660. The molecule has 1 unspecified atom stereocenters. The van der Waals surface area contributed by atoms with Gasteiger partial charge in [0.1, 0.15) is 0 Å². The van der Waals surface area contributed by atoms with Gasteiger partial charge in [0.25, 0.3) is 0 Å². The fourth-order valence-corrected chi connectivity index (χ4v) is 3.44. The third-order valence-electron chi connectivity index (χ3n) is 3.65. The number of nitrogen functional groups attached to an aromatic ring is 1. The Labute approximate surface area is 126 Å². The van der Waals surface area contributed by atoms with E-state index in [9.17, 15) is 8.42 Å². The lowest BCUT2D eigenvalue weighted by atomic mass is 10.1. The summed E-state index contributed by atoms with van der Waals surface area (Å²) in [7, 11) is -1.56. The molecule has 21 heavy (non-hydrogen) atoms. The van der Waals surface area contributed by atoms with Gasteiger partial charge in [-0.2, -0.15) is 0 Å². The van der Waals surface area contributed by atoms with E-state index >= 15 is 0 Å². The number of likely N-dealkylation sites (N-methyl/N-ethyl adjacent to an activating group) is 1. The van der Waals surface area contributed by atoms with Gasteiger partial charge < -0.3 is 15.4 Å². The van der Waals surface area contributed by atoms with Crippen LogP contribution in [0.15, 0.2) is 23.1 Å². The van der Waals surface area contributed by atoms with Crippen LogP contribution in [0.2, 0.25) is 0 Å². The number of nitrogens with zero attached hydrogens (tertiary/aromatic N) is 1. The highest BCUT2D eigenvalue weighted by molar-refractivity contribution is 7.89. The van der Waals surface area contributed by atoms with Crippen LogP contribution in [0.4, 0.5) is 5.69 Å². The molecule has 3 N–H and O–H groups in total. The average molecular weight is 313 g/mol. The fourth-order valence-electron chi connectivity index (χ4n) is 2.34. The van der Waals surface area contributed by atoms with Crippen LogP contribution in [-0.2, 0) is 21.2 Å². The first-order chi connectivity index (χ1) is 9.92. The molecule has 1 atom stereocenters. The number of nitrogens with two attached hydrogens (primary N) is 1. The summed E-state index contributed by atoms with van der Waals surface area (Å²) in [4.78, 5) is 2.32. The second-order valence-electron chi connectivity index (χ2n) is 5.32. The Morgan fingerprint density at radius 1 is 1.48 bits per heavy atom. The standard InChI is InChI=1S/C14H23N3O3S/c1-3-11-4-5-13(8-14(11)15)21(18,19)16-9-12-10-17(2)6-7-20-12/h4-5,8,12,16H,3,6-7,9-10,15H2,1-2H3. The maximum absolute atomic E-state index is 12.3. The van der Waals surface area contributed by atoms with E-state index in [1.165, 1.54) is 6.07 Å². The van der Waals surface area contributed by atoms with Crippen molar-refractivity contribution in [2.24, 2.45) is 0 Å². The third kappa shape index (κ3) is 4.16. The Kier molecular flexibility index (Phi) is 5.21. The van der Waals surface area contributed by atoms with Crippen molar-refractivity contribution in [3.63, 3.8) is 0 Å². The molecule has 7 heteroatoms. The molecule has 1 aliphatic rings. The van der Waals surface area contributed by atoms with Crippen molar-refractivity contribution in [1.29, 1.82) is 0 Å². The van der Waals surface area contributed by atoms with Gasteiger partial charge in [-0.15, -0.1) is 0 Å². The molecule has 0 bridgehead atoms. The molecule has 1 saturated heterocycles. The lowest BCUT2D eigenvalue weighted by Gasteiger charge is -2.30. The Bertz CT molecular complexity index is 589. The fraction of sp³-hybridized carbons (Fsp3) is 0.571. The van der Waals surface area contributed by atoms with Crippen LogP contribution in [-0.4, -0.2) is 52.7 Å². The summed E-state index contributed by atoms with van der Waals surface area (Å²) < 4.78 is 32.7. The number of hydrogen-bond donors (Lipinski definition) is 2. The maximum atomic E-state index is 12.3. The van der Waals surface area contributed by atoms with E-state index in [1.807, 2.05) is 14.0 Å². The number of anilines is 1. The van der Waals surface area contributed by atoms with Crippen LogP contribution < -0.4 is 10.5 Å². The molecule has 2 rings (SSSR count). The van der Waals surface area contributed by atoms with E-state index in [4.69, 9.17) is 10.5 Å². The number of aryl methyl sites for hydroxylation is 1. The van der Waals surface area contributed by atoms with Crippen molar-refractivity contribution in [2.75, 3.05) is 39.0 Å². The highest BCUT2D eigenvalue weighted by Gasteiger charge is 2.21. The normalized spacial score (nSPS) is 20.6. The topological polar surface area (TPSA) is 84.7 Å². The summed E-state index contributed by atoms with van der Waals surface area (Å²) in [6, 6.07) is 4.86. The molecule has 6 nitrogen and oxygen atoms in total. The molecule has 1 aliphatic heterocycles. The zero-order valence-corrected chi connectivity index (χ0v) is 13.3. The average Bonchev–Trinajstić information content (AvgIpc) is 2.45. The van der Waals surface area contributed by atoms with E-state index in [0.717, 1.165) is 25.1 Å².